The molecule has 1 aliphatic heterocycles. The molecule has 0 aromatic heterocycles. The number of nitrogens with one attached hydrogen (secondary N) is 1. The SMILES string of the molecule is CC(C(=O)NC12CC3CC(CC(C3)C1)C2)N1CCN(S(=O)(=O)c2ccccc2)CC1. The van der Waals surface area contributed by atoms with E-state index in [4.69, 9.17) is 0 Å². The van der Waals surface area contributed by atoms with Crippen molar-refractivity contribution >= 4 is 15.9 Å². The number of hydrogen-bond acceptors (Lipinski definition) is 4. The lowest BCUT2D eigenvalue weighted by Crippen LogP contribution is -2.63. The predicted octanol–water partition coefficient (Wildman–Crippen LogP) is 2.47. The third-order valence-corrected chi connectivity index (χ3v) is 9.92. The van der Waals surface area contributed by atoms with E-state index in [2.05, 4.69) is 10.2 Å². The fourth-order valence-corrected chi connectivity index (χ4v) is 8.31. The number of sulfonamides is 1. The maximum absolute atomic E-state index is 13.1. The average molecular weight is 432 g/mol. The Morgan fingerprint density at radius 3 is 2.03 bits per heavy atom. The van der Waals surface area contributed by atoms with Gasteiger partial charge in [0.1, 0.15) is 0 Å². The van der Waals surface area contributed by atoms with Gasteiger partial charge < -0.3 is 5.32 Å². The van der Waals surface area contributed by atoms with Gasteiger partial charge in [-0.2, -0.15) is 4.31 Å². The molecule has 7 heteroatoms. The molecular formula is C23H33N3O3S. The van der Waals surface area contributed by atoms with Crippen LogP contribution in [-0.4, -0.2) is 61.3 Å². The van der Waals surface area contributed by atoms with E-state index >= 15 is 0 Å². The number of benzene rings is 1. The number of amides is 1. The second-order valence-corrected chi connectivity index (χ2v) is 12.1. The molecule has 5 fully saturated rings. The smallest absolute Gasteiger partial charge is 0.243 e. The molecule has 1 aromatic rings. The largest absolute Gasteiger partial charge is 0.349 e. The van der Waals surface area contributed by atoms with E-state index in [1.807, 2.05) is 13.0 Å². The molecule has 0 spiro atoms. The van der Waals surface area contributed by atoms with Crippen LogP contribution in [0, 0.1) is 17.8 Å². The fourth-order valence-electron chi connectivity index (χ4n) is 6.87. The molecule has 1 atom stereocenters. The van der Waals surface area contributed by atoms with Crippen LogP contribution >= 0.6 is 0 Å². The molecule has 6 nitrogen and oxygen atoms in total. The molecule has 0 radical (unpaired) electrons. The summed E-state index contributed by atoms with van der Waals surface area (Å²) < 4.78 is 27.2. The van der Waals surface area contributed by atoms with E-state index < -0.39 is 10.0 Å². The minimum Gasteiger partial charge on any atom is -0.349 e. The van der Waals surface area contributed by atoms with E-state index in [-0.39, 0.29) is 17.5 Å². The van der Waals surface area contributed by atoms with Gasteiger partial charge >= 0.3 is 0 Å². The molecule has 6 rings (SSSR count). The van der Waals surface area contributed by atoms with Crippen molar-refractivity contribution < 1.29 is 13.2 Å². The second-order valence-electron chi connectivity index (χ2n) is 10.1. The maximum Gasteiger partial charge on any atom is 0.243 e. The average Bonchev–Trinajstić information content (AvgIpc) is 2.72. The van der Waals surface area contributed by atoms with Gasteiger partial charge in [0.2, 0.25) is 15.9 Å². The molecule has 4 aliphatic carbocycles. The summed E-state index contributed by atoms with van der Waals surface area (Å²) in [4.78, 5) is 15.6. The Bertz CT molecular complexity index is 858. The molecular weight excluding hydrogens is 398 g/mol. The molecule has 1 amide bonds. The lowest BCUT2D eigenvalue weighted by Gasteiger charge is -2.57. The Morgan fingerprint density at radius 1 is 0.967 bits per heavy atom. The van der Waals surface area contributed by atoms with Crippen LogP contribution in [0.5, 0.6) is 0 Å². The van der Waals surface area contributed by atoms with Crippen LogP contribution in [0.1, 0.15) is 45.4 Å². The summed E-state index contributed by atoms with van der Waals surface area (Å²) in [6.07, 6.45) is 7.55. The number of nitrogens with zero attached hydrogens (tertiary/aromatic N) is 2. The molecule has 1 aromatic carbocycles. The summed E-state index contributed by atoms with van der Waals surface area (Å²) in [5.74, 6) is 2.53. The number of carbonyl (C=O) groups is 1. The number of carbonyl (C=O) groups excluding carboxylic acids is 1. The van der Waals surface area contributed by atoms with Gasteiger partial charge in [0.25, 0.3) is 0 Å². The zero-order valence-electron chi connectivity index (χ0n) is 17.8. The van der Waals surface area contributed by atoms with Crippen LogP contribution in [0.3, 0.4) is 0 Å². The summed E-state index contributed by atoms with van der Waals surface area (Å²) in [5, 5.41) is 3.48. The van der Waals surface area contributed by atoms with E-state index in [1.54, 1.807) is 28.6 Å². The standard InChI is InChI=1S/C23H33N3O3S/c1-17(22(27)24-23-14-18-11-19(15-23)13-20(12-18)16-23)25-7-9-26(10-8-25)30(28,29)21-5-3-2-4-6-21/h2-6,17-20H,7-16H2,1H3,(H,24,27). The molecule has 5 aliphatic rings. The predicted molar refractivity (Wildman–Crippen MR) is 115 cm³/mol. The van der Waals surface area contributed by atoms with Crippen molar-refractivity contribution in [3.8, 4) is 0 Å². The molecule has 1 saturated heterocycles. The van der Waals surface area contributed by atoms with Crippen molar-refractivity contribution in [1.82, 2.24) is 14.5 Å². The normalized spacial score (nSPS) is 35.3. The molecule has 30 heavy (non-hydrogen) atoms. The molecule has 4 bridgehead atoms. The minimum atomic E-state index is -3.46. The Morgan fingerprint density at radius 2 is 1.50 bits per heavy atom. The number of rotatable bonds is 5. The zero-order chi connectivity index (χ0) is 20.9. The molecule has 4 saturated carbocycles. The van der Waals surface area contributed by atoms with Gasteiger partial charge in [-0.05, 0) is 75.3 Å². The van der Waals surface area contributed by atoms with E-state index in [0.717, 1.165) is 37.0 Å². The van der Waals surface area contributed by atoms with Crippen molar-refractivity contribution in [3.05, 3.63) is 30.3 Å². The molecule has 1 unspecified atom stereocenters. The minimum absolute atomic E-state index is 0.0264. The first-order valence-electron chi connectivity index (χ1n) is 11.5. The summed E-state index contributed by atoms with van der Waals surface area (Å²) >= 11 is 0. The van der Waals surface area contributed by atoms with Crippen molar-refractivity contribution in [2.45, 2.75) is 61.9 Å². The Hall–Kier alpha value is -1.44. The van der Waals surface area contributed by atoms with E-state index in [9.17, 15) is 13.2 Å². The number of piperazine rings is 1. The van der Waals surface area contributed by atoms with Crippen LogP contribution in [0.25, 0.3) is 0 Å². The van der Waals surface area contributed by atoms with Gasteiger partial charge in [-0.1, -0.05) is 18.2 Å². The van der Waals surface area contributed by atoms with Crippen LogP contribution in [-0.2, 0) is 14.8 Å². The highest BCUT2D eigenvalue weighted by molar-refractivity contribution is 7.89. The van der Waals surface area contributed by atoms with E-state index in [0.29, 0.717) is 31.1 Å². The van der Waals surface area contributed by atoms with Crippen molar-refractivity contribution in [2.24, 2.45) is 17.8 Å². The quantitative estimate of drug-likeness (QED) is 0.778. The van der Waals surface area contributed by atoms with Gasteiger partial charge in [-0.3, -0.25) is 9.69 Å². The van der Waals surface area contributed by atoms with E-state index in [1.165, 1.54) is 19.3 Å². The highest BCUT2D eigenvalue weighted by Crippen LogP contribution is 2.55. The summed E-state index contributed by atoms with van der Waals surface area (Å²) in [6, 6.07) is 8.38. The van der Waals surface area contributed by atoms with Gasteiger partial charge in [-0.15, -0.1) is 0 Å². The van der Waals surface area contributed by atoms with Crippen LogP contribution in [0.15, 0.2) is 35.2 Å². The van der Waals surface area contributed by atoms with Crippen LogP contribution < -0.4 is 5.32 Å². The monoisotopic (exact) mass is 431 g/mol. The summed E-state index contributed by atoms with van der Waals surface area (Å²) in [6.45, 7) is 3.98. The summed E-state index contributed by atoms with van der Waals surface area (Å²) in [5.41, 5.74) is 0.0264. The lowest BCUT2D eigenvalue weighted by atomic mass is 9.53. The van der Waals surface area contributed by atoms with Gasteiger partial charge in [0.15, 0.2) is 0 Å². The zero-order valence-corrected chi connectivity index (χ0v) is 18.6. The first-order chi connectivity index (χ1) is 14.3. The van der Waals surface area contributed by atoms with Crippen molar-refractivity contribution in [1.29, 1.82) is 0 Å². The lowest BCUT2D eigenvalue weighted by molar-refractivity contribution is -0.132. The Kier molecular flexibility index (Phi) is 5.19. The molecule has 1 N–H and O–H groups in total. The molecule has 1 heterocycles. The first kappa shape index (κ1) is 20.5. The Labute approximate surface area is 180 Å². The molecule has 164 valence electrons. The van der Waals surface area contributed by atoms with Crippen LogP contribution in [0.2, 0.25) is 0 Å². The van der Waals surface area contributed by atoms with Crippen molar-refractivity contribution in [3.63, 3.8) is 0 Å². The van der Waals surface area contributed by atoms with Crippen LogP contribution in [0.4, 0.5) is 0 Å². The second kappa shape index (κ2) is 7.61. The fraction of sp³-hybridized carbons (Fsp3) is 0.696. The Balaban J connectivity index is 1.19. The van der Waals surface area contributed by atoms with Gasteiger partial charge in [0, 0.05) is 31.7 Å². The summed E-state index contributed by atoms with van der Waals surface area (Å²) in [7, 11) is -3.46. The third kappa shape index (κ3) is 3.69. The topological polar surface area (TPSA) is 69.7 Å². The third-order valence-electron chi connectivity index (χ3n) is 8.01. The highest BCUT2D eigenvalue weighted by atomic mass is 32.2. The highest BCUT2D eigenvalue weighted by Gasteiger charge is 2.52. The maximum atomic E-state index is 13.1. The van der Waals surface area contributed by atoms with Gasteiger partial charge in [-0.25, -0.2) is 8.42 Å². The first-order valence-corrected chi connectivity index (χ1v) is 12.9. The van der Waals surface area contributed by atoms with Gasteiger partial charge in [0.05, 0.1) is 10.9 Å². The number of hydrogen-bond donors (Lipinski definition) is 1. The van der Waals surface area contributed by atoms with Crippen molar-refractivity contribution in [2.75, 3.05) is 26.2 Å².